The largest absolute Gasteiger partial charge is 0.397 e. The Balaban J connectivity index is 1.35. The lowest BCUT2D eigenvalue weighted by atomic mass is 9.84. The molecule has 0 aliphatic heterocycles. The Bertz CT molecular complexity index is 2960. The molecule has 46 heavy (non-hydrogen) atoms. The van der Waals surface area contributed by atoms with Crippen LogP contribution in [-0.2, 0) is 0 Å². The topological polar surface area (TPSA) is 104 Å². The van der Waals surface area contributed by atoms with Crippen molar-refractivity contribution in [3.8, 4) is 11.1 Å². The van der Waals surface area contributed by atoms with Gasteiger partial charge in [-0.3, -0.25) is 0 Å². The van der Waals surface area contributed by atoms with Crippen LogP contribution in [0.25, 0.3) is 97.3 Å². The summed E-state index contributed by atoms with van der Waals surface area (Å²) in [6.07, 6.45) is 0. The maximum atomic E-state index is 6.42. The molecule has 0 saturated heterocycles. The van der Waals surface area contributed by atoms with Gasteiger partial charge in [0.2, 0.25) is 0 Å². The number of anilines is 4. The van der Waals surface area contributed by atoms with Crippen LogP contribution in [0.5, 0.6) is 0 Å². The van der Waals surface area contributed by atoms with E-state index in [4.69, 9.17) is 22.9 Å². The molecular weight excluding hydrogens is 560 g/mol. The number of hydrogen-bond acceptors (Lipinski definition) is 4. The molecule has 0 atom stereocenters. The van der Waals surface area contributed by atoms with Gasteiger partial charge in [0.25, 0.3) is 0 Å². The van der Waals surface area contributed by atoms with Gasteiger partial charge in [0, 0.05) is 5.39 Å². The minimum Gasteiger partial charge on any atom is -0.397 e. The van der Waals surface area contributed by atoms with Crippen LogP contribution in [0, 0.1) is 0 Å². The minimum absolute atomic E-state index is 0.607. The minimum atomic E-state index is 0.607. The molecule has 0 radical (unpaired) electrons. The molecule has 0 fully saturated rings. The summed E-state index contributed by atoms with van der Waals surface area (Å²) in [6, 6.07) is 43.8. The Labute approximate surface area is 263 Å². The van der Waals surface area contributed by atoms with Crippen LogP contribution in [0.1, 0.15) is 0 Å². The standard InChI is InChI=1S/C42H28N4/c43-36-12-8-23-13-25-17-34-27(16-26(25)18-35(23)42(36)46)14-22-3-1-2-4-29(22)41(34)31-9-7-21-5-6-24-15-28-19-37(44)38(45)20-33(28)32-11-10-30(31)39(21)40(24)32/h1-20H,43-46H2. The number of nitrogens with two attached hydrogens (primary N) is 4. The van der Waals surface area contributed by atoms with Gasteiger partial charge in [0.15, 0.2) is 0 Å². The van der Waals surface area contributed by atoms with E-state index in [1.54, 1.807) is 0 Å². The van der Waals surface area contributed by atoms with Crippen LogP contribution in [-0.4, -0.2) is 0 Å². The SMILES string of the molecule is Nc1cc2cc3ccc4ccc(-c5c6ccccc6cc6cc7cc8c(N)c(N)ccc8cc7cc56)c5ccc(c2cc1N)c3c45. The fourth-order valence-corrected chi connectivity index (χ4v) is 7.88. The van der Waals surface area contributed by atoms with Gasteiger partial charge < -0.3 is 22.9 Å². The summed E-state index contributed by atoms with van der Waals surface area (Å²) >= 11 is 0. The van der Waals surface area contributed by atoms with Crippen molar-refractivity contribution in [2.75, 3.05) is 22.9 Å². The van der Waals surface area contributed by atoms with E-state index in [-0.39, 0.29) is 0 Å². The second kappa shape index (κ2) is 8.68. The van der Waals surface area contributed by atoms with Gasteiger partial charge in [0.1, 0.15) is 0 Å². The summed E-state index contributed by atoms with van der Waals surface area (Å²) in [4.78, 5) is 0. The van der Waals surface area contributed by atoms with Gasteiger partial charge in [-0.2, -0.15) is 0 Å². The predicted octanol–water partition coefficient (Wildman–Crippen LogP) is 10.3. The average Bonchev–Trinajstić information content (AvgIpc) is 3.07. The van der Waals surface area contributed by atoms with E-state index < -0.39 is 0 Å². The van der Waals surface area contributed by atoms with Crippen molar-refractivity contribution >= 4 is 109 Å². The highest BCUT2D eigenvalue weighted by molar-refractivity contribution is 6.32. The zero-order valence-corrected chi connectivity index (χ0v) is 24.9. The molecule has 8 N–H and O–H groups in total. The molecule has 0 aliphatic carbocycles. The Morgan fingerprint density at radius 2 is 0.913 bits per heavy atom. The first-order valence-corrected chi connectivity index (χ1v) is 15.5. The van der Waals surface area contributed by atoms with Crippen LogP contribution in [0.3, 0.4) is 0 Å². The van der Waals surface area contributed by atoms with E-state index >= 15 is 0 Å². The predicted molar refractivity (Wildman–Crippen MR) is 201 cm³/mol. The van der Waals surface area contributed by atoms with Crippen LogP contribution >= 0.6 is 0 Å². The van der Waals surface area contributed by atoms with Crippen molar-refractivity contribution in [3.05, 3.63) is 121 Å². The van der Waals surface area contributed by atoms with Gasteiger partial charge in [-0.15, -0.1) is 0 Å². The molecule has 10 aromatic rings. The highest BCUT2D eigenvalue weighted by Crippen LogP contribution is 2.46. The number of benzene rings is 10. The number of rotatable bonds is 1. The van der Waals surface area contributed by atoms with Crippen LogP contribution < -0.4 is 22.9 Å². The highest BCUT2D eigenvalue weighted by atomic mass is 14.7. The van der Waals surface area contributed by atoms with Crippen molar-refractivity contribution in [3.63, 3.8) is 0 Å². The van der Waals surface area contributed by atoms with Gasteiger partial charge in [-0.1, -0.05) is 66.7 Å². The molecule has 4 nitrogen and oxygen atoms in total. The molecule has 0 aromatic heterocycles. The van der Waals surface area contributed by atoms with E-state index in [2.05, 4.69) is 103 Å². The van der Waals surface area contributed by atoms with Gasteiger partial charge >= 0.3 is 0 Å². The molecule has 4 heteroatoms. The van der Waals surface area contributed by atoms with Gasteiger partial charge in [-0.05, 0) is 147 Å². The number of fused-ring (bicyclic) bond motifs is 6. The molecule has 0 aliphatic rings. The molecule has 216 valence electrons. The fraction of sp³-hybridized carbons (Fsp3) is 0. The number of hydrogen-bond donors (Lipinski definition) is 4. The van der Waals surface area contributed by atoms with E-state index in [0.717, 1.165) is 26.9 Å². The molecule has 0 heterocycles. The summed E-state index contributed by atoms with van der Waals surface area (Å²) < 4.78 is 0. The zero-order chi connectivity index (χ0) is 30.8. The van der Waals surface area contributed by atoms with Crippen molar-refractivity contribution < 1.29 is 0 Å². The highest BCUT2D eigenvalue weighted by Gasteiger charge is 2.18. The fourth-order valence-electron chi connectivity index (χ4n) is 7.88. The molecule has 0 unspecified atom stereocenters. The molecule has 0 amide bonds. The second-order valence-corrected chi connectivity index (χ2v) is 12.6. The maximum absolute atomic E-state index is 6.42. The first-order valence-electron chi connectivity index (χ1n) is 15.5. The van der Waals surface area contributed by atoms with Crippen molar-refractivity contribution in [2.45, 2.75) is 0 Å². The second-order valence-electron chi connectivity index (χ2n) is 12.6. The smallest absolute Gasteiger partial charge is 0.0627 e. The summed E-state index contributed by atoms with van der Waals surface area (Å²) in [7, 11) is 0. The Kier molecular flexibility index (Phi) is 4.74. The Morgan fingerprint density at radius 1 is 0.304 bits per heavy atom. The van der Waals surface area contributed by atoms with Crippen LogP contribution in [0.15, 0.2) is 121 Å². The third-order valence-electron chi connectivity index (χ3n) is 10.1. The molecule has 0 spiro atoms. The van der Waals surface area contributed by atoms with Crippen molar-refractivity contribution in [1.82, 2.24) is 0 Å². The first kappa shape index (κ1) is 25.1. The van der Waals surface area contributed by atoms with Gasteiger partial charge in [0.05, 0.1) is 22.7 Å². The quantitative estimate of drug-likeness (QED) is 0.0870. The Hall–Kier alpha value is -6.26. The first-order chi connectivity index (χ1) is 22.4. The normalized spacial score (nSPS) is 12.3. The third-order valence-corrected chi connectivity index (χ3v) is 10.1. The third kappa shape index (κ3) is 3.27. The van der Waals surface area contributed by atoms with Gasteiger partial charge in [-0.25, -0.2) is 0 Å². The van der Waals surface area contributed by atoms with E-state index in [1.165, 1.54) is 70.4 Å². The van der Waals surface area contributed by atoms with E-state index in [1.807, 2.05) is 18.2 Å². The summed E-state index contributed by atoms with van der Waals surface area (Å²) in [5.41, 5.74) is 30.0. The van der Waals surface area contributed by atoms with E-state index in [0.29, 0.717) is 22.7 Å². The Morgan fingerprint density at radius 3 is 1.80 bits per heavy atom. The zero-order valence-electron chi connectivity index (χ0n) is 24.9. The molecule has 10 aromatic carbocycles. The lowest BCUT2D eigenvalue weighted by molar-refractivity contribution is 1.72. The number of nitrogen functional groups attached to an aromatic ring is 4. The molecule has 10 rings (SSSR count). The molecule has 0 saturated carbocycles. The maximum Gasteiger partial charge on any atom is 0.0627 e. The lowest BCUT2D eigenvalue weighted by Gasteiger charge is -2.19. The summed E-state index contributed by atoms with van der Waals surface area (Å²) in [6.45, 7) is 0. The molecular formula is C42H28N4. The average molecular weight is 589 g/mol. The van der Waals surface area contributed by atoms with Crippen LogP contribution in [0.2, 0.25) is 0 Å². The molecule has 0 bridgehead atoms. The summed E-state index contributed by atoms with van der Waals surface area (Å²) in [5, 5.41) is 18.8. The lowest BCUT2D eigenvalue weighted by Crippen LogP contribution is -1.95. The monoisotopic (exact) mass is 588 g/mol. The van der Waals surface area contributed by atoms with Crippen molar-refractivity contribution in [1.29, 1.82) is 0 Å². The summed E-state index contributed by atoms with van der Waals surface area (Å²) in [5.74, 6) is 0. The van der Waals surface area contributed by atoms with Crippen LogP contribution in [0.4, 0.5) is 22.7 Å². The van der Waals surface area contributed by atoms with E-state index in [9.17, 15) is 0 Å². The van der Waals surface area contributed by atoms with Crippen molar-refractivity contribution in [2.24, 2.45) is 0 Å².